The van der Waals surface area contributed by atoms with Crippen LogP contribution in [0.15, 0.2) is 24.4 Å². The Morgan fingerprint density at radius 2 is 1.86 bits per heavy atom. The number of hydrogen-bond acceptors (Lipinski definition) is 3. The van der Waals surface area contributed by atoms with Gasteiger partial charge in [0, 0.05) is 24.2 Å². The number of carbonyl (C=O) groups excluding carboxylic acids is 1. The topological polar surface area (TPSA) is 50.2 Å². The number of nitrogens with zero attached hydrogens (tertiary/aromatic N) is 1. The summed E-state index contributed by atoms with van der Waals surface area (Å²) in [7, 11) is 0. The minimum Gasteiger partial charge on any atom is -0.390 e. The van der Waals surface area contributed by atoms with Crippen molar-refractivity contribution in [2.45, 2.75) is 83.7 Å². The van der Waals surface area contributed by atoms with E-state index in [1.54, 1.807) is 6.20 Å². The highest BCUT2D eigenvalue weighted by Gasteiger charge is 2.58. The van der Waals surface area contributed by atoms with Crippen molar-refractivity contribution < 1.29 is 9.90 Å². The van der Waals surface area contributed by atoms with Gasteiger partial charge in [0.05, 0.1) is 5.60 Å². The second-order valence-corrected chi connectivity index (χ2v) is 11.3. The molecule has 4 saturated carbocycles. The van der Waals surface area contributed by atoms with Gasteiger partial charge in [-0.25, -0.2) is 0 Å². The summed E-state index contributed by atoms with van der Waals surface area (Å²) >= 11 is 0. The summed E-state index contributed by atoms with van der Waals surface area (Å²) < 4.78 is 0. The lowest BCUT2D eigenvalue weighted by atomic mass is 9.49. The molecule has 8 unspecified atom stereocenters. The minimum atomic E-state index is -0.437. The summed E-state index contributed by atoms with van der Waals surface area (Å²) in [4.78, 5) is 17.7. The molecule has 0 spiro atoms. The molecule has 3 heteroatoms. The fourth-order valence-corrected chi connectivity index (χ4v) is 8.41. The van der Waals surface area contributed by atoms with Gasteiger partial charge in [-0.15, -0.1) is 0 Å². The van der Waals surface area contributed by atoms with Crippen LogP contribution in [0.1, 0.15) is 77.3 Å². The van der Waals surface area contributed by atoms with E-state index in [1.165, 1.54) is 38.5 Å². The van der Waals surface area contributed by atoms with Gasteiger partial charge in [0.25, 0.3) is 0 Å². The molecule has 3 nitrogen and oxygen atoms in total. The van der Waals surface area contributed by atoms with Crippen molar-refractivity contribution in [3.8, 4) is 0 Å². The zero-order valence-corrected chi connectivity index (χ0v) is 18.1. The smallest absolute Gasteiger partial charge is 0.142 e. The third-order valence-electron chi connectivity index (χ3n) is 9.71. The molecule has 29 heavy (non-hydrogen) atoms. The molecule has 1 N–H and O–H groups in total. The van der Waals surface area contributed by atoms with Gasteiger partial charge in [-0.3, -0.25) is 9.78 Å². The average molecular weight is 396 g/mol. The first-order valence-corrected chi connectivity index (χ1v) is 12.0. The maximum atomic E-state index is 13.3. The molecular weight excluding hydrogens is 358 g/mol. The summed E-state index contributed by atoms with van der Waals surface area (Å²) in [5, 5.41) is 10.6. The molecule has 0 radical (unpaired) electrons. The van der Waals surface area contributed by atoms with Gasteiger partial charge in [0.2, 0.25) is 0 Å². The van der Waals surface area contributed by atoms with Crippen LogP contribution in [-0.4, -0.2) is 21.5 Å². The van der Waals surface area contributed by atoms with E-state index in [0.717, 1.165) is 54.5 Å². The Hall–Kier alpha value is -1.22. The van der Waals surface area contributed by atoms with Crippen molar-refractivity contribution in [2.24, 2.45) is 40.9 Å². The maximum absolute atomic E-state index is 13.3. The summed E-state index contributed by atoms with van der Waals surface area (Å²) in [5.41, 5.74) is 0.682. The van der Waals surface area contributed by atoms with Crippen LogP contribution < -0.4 is 0 Å². The summed E-state index contributed by atoms with van der Waals surface area (Å²) in [6.45, 7) is 4.49. The molecule has 5 rings (SSSR count). The first-order chi connectivity index (χ1) is 13.9. The lowest BCUT2D eigenvalue weighted by Gasteiger charge is -2.56. The van der Waals surface area contributed by atoms with Gasteiger partial charge in [0.15, 0.2) is 0 Å². The molecule has 4 aliphatic carbocycles. The SMILES string of the molecule is CC1(O)CCC2C(CCC3C2CCC2(C)C(C(=O)Cc4ccccn4)CCC32)C1. The normalized spacial score (nSPS) is 46.4. The first kappa shape index (κ1) is 19.7. The number of Topliss-reactive ketones (excluding diaryl/α,β-unsaturated/α-hetero) is 1. The number of fused-ring (bicyclic) bond motifs is 5. The molecule has 4 aliphatic rings. The second kappa shape index (κ2) is 7.18. The average Bonchev–Trinajstić information content (AvgIpc) is 3.05. The van der Waals surface area contributed by atoms with E-state index in [2.05, 4.69) is 11.9 Å². The van der Waals surface area contributed by atoms with Crippen LogP contribution >= 0.6 is 0 Å². The van der Waals surface area contributed by atoms with Crippen LogP contribution in [0.4, 0.5) is 0 Å². The van der Waals surface area contributed by atoms with E-state index >= 15 is 0 Å². The van der Waals surface area contributed by atoms with Gasteiger partial charge < -0.3 is 5.11 Å². The maximum Gasteiger partial charge on any atom is 0.142 e. The highest BCUT2D eigenvalue weighted by atomic mass is 16.3. The molecule has 0 bridgehead atoms. The Bertz CT molecular complexity index is 759. The first-order valence-electron chi connectivity index (χ1n) is 12.0. The predicted octanol–water partition coefficient (Wildman–Crippen LogP) is 5.21. The Kier molecular flexibility index (Phi) is 4.89. The molecule has 1 aromatic heterocycles. The number of rotatable bonds is 3. The van der Waals surface area contributed by atoms with E-state index in [0.29, 0.717) is 12.2 Å². The molecular formula is C26H37NO2. The molecule has 0 amide bonds. The molecule has 1 aromatic rings. The predicted molar refractivity (Wildman–Crippen MR) is 114 cm³/mol. The van der Waals surface area contributed by atoms with Crippen LogP contribution in [0.5, 0.6) is 0 Å². The Labute approximate surface area is 175 Å². The van der Waals surface area contributed by atoms with Crippen LogP contribution in [0.3, 0.4) is 0 Å². The molecule has 158 valence electrons. The second-order valence-electron chi connectivity index (χ2n) is 11.3. The standard InChI is InChI=1S/C26H37NO2/c1-25(29)12-10-19-17(16-25)6-7-21-20(19)11-13-26(2)22(21)8-9-23(26)24(28)15-18-5-3-4-14-27-18/h3-5,14,17,19-23,29H,6-13,15-16H2,1-2H3. The zero-order valence-electron chi connectivity index (χ0n) is 18.1. The fourth-order valence-electron chi connectivity index (χ4n) is 8.41. The number of ketones is 1. The Morgan fingerprint density at radius 3 is 2.66 bits per heavy atom. The van der Waals surface area contributed by atoms with Crippen molar-refractivity contribution in [1.82, 2.24) is 4.98 Å². The van der Waals surface area contributed by atoms with Crippen LogP contribution in [0, 0.1) is 40.9 Å². The Morgan fingerprint density at radius 1 is 1.03 bits per heavy atom. The molecule has 0 saturated heterocycles. The highest BCUT2D eigenvalue weighted by Crippen LogP contribution is 2.64. The molecule has 1 heterocycles. The van der Waals surface area contributed by atoms with Gasteiger partial charge in [0.1, 0.15) is 5.78 Å². The third-order valence-corrected chi connectivity index (χ3v) is 9.71. The number of hydrogen-bond donors (Lipinski definition) is 1. The lowest BCUT2D eigenvalue weighted by Crippen LogP contribution is -2.51. The highest BCUT2D eigenvalue weighted by molar-refractivity contribution is 5.84. The van der Waals surface area contributed by atoms with Gasteiger partial charge >= 0.3 is 0 Å². The van der Waals surface area contributed by atoms with Crippen molar-refractivity contribution >= 4 is 5.78 Å². The number of aliphatic hydroxyl groups is 1. The number of aromatic nitrogens is 1. The van der Waals surface area contributed by atoms with Crippen LogP contribution in [0.2, 0.25) is 0 Å². The van der Waals surface area contributed by atoms with E-state index < -0.39 is 5.60 Å². The van der Waals surface area contributed by atoms with Crippen molar-refractivity contribution in [2.75, 3.05) is 0 Å². The summed E-state index contributed by atoms with van der Waals surface area (Å²) in [6.07, 6.45) is 13.0. The largest absolute Gasteiger partial charge is 0.390 e. The van der Waals surface area contributed by atoms with E-state index in [4.69, 9.17) is 0 Å². The van der Waals surface area contributed by atoms with E-state index in [1.807, 2.05) is 25.1 Å². The number of carbonyl (C=O) groups is 1. The van der Waals surface area contributed by atoms with Crippen molar-refractivity contribution in [1.29, 1.82) is 0 Å². The van der Waals surface area contributed by atoms with Gasteiger partial charge in [-0.2, -0.15) is 0 Å². The fraction of sp³-hybridized carbons (Fsp3) is 0.769. The van der Waals surface area contributed by atoms with Crippen molar-refractivity contribution in [3.63, 3.8) is 0 Å². The third kappa shape index (κ3) is 3.38. The monoisotopic (exact) mass is 395 g/mol. The summed E-state index contributed by atoms with van der Waals surface area (Å²) in [5.74, 6) is 4.57. The quantitative estimate of drug-likeness (QED) is 0.764. The summed E-state index contributed by atoms with van der Waals surface area (Å²) in [6, 6.07) is 5.89. The lowest BCUT2D eigenvalue weighted by molar-refractivity contribution is -0.131. The Balaban J connectivity index is 1.31. The molecule has 0 aliphatic heterocycles. The van der Waals surface area contributed by atoms with E-state index in [9.17, 15) is 9.90 Å². The van der Waals surface area contributed by atoms with Gasteiger partial charge in [-0.1, -0.05) is 13.0 Å². The zero-order chi connectivity index (χ0) is 20.2. The molecule has 4 fully saturated rings. The molecule has 8 atom stereocenters. The minimum absolute atomic E-state index is 0.194. The number of pyridine rings is 1. The molecule has 0 aromatic carbocycles. The van der Waals surface area contributed by atoms with E-state index in [-0.39, 0.29) is 11.3 Å². The van der Waals surface area contributed by atoms with Gasteiger partial charge in [-0.05, 0) is 112 Å². The van der Waals surface area contributed by atoms with Crippen LogP contribution in [0.25, 0.3) is 0 Å². The van der Waals surface area contributed by atoms with Crippen LogP contribution in [-0.2, 0) is 11.2 Å². The van der Waals surface area contributed by atoms with Crippen molar-refractivity contribution in [3.05, 3.63) is 30.1 Å².